The van der Waals surface area contributed by atoms with Gasteiger partial charge in [-0.3, -0.25) is 4.79 Å². The number of carbonyl (C=O) groups is 1. The molecule has 1 aromatic carbocycles. The number of rotatable bonds is 4. The first-order valence-corrected chi connectivity index (χ1v) is 4.71. The van der Waals surface area contributed by atoms with E-state index in [1.807, 2.05) is 0 Å². The van der Waals surface area contributed by atoms with Crippen LogP contribution < -0.4 is 10.5 Å². The van der Waals surface area contributed by atoms with E-state index in [0.29, 0.717) is 16.9 Å². The molecule has 0 aromatic heterocycles. The molecule has 0 amide bonds. The van der Waals surface area contributed by atoms with Gasteiger partial charge in [-0.25, -0.2) is 0 Å². The van der Waals surface area contributed by atoms with Crippen molar-refractivity contribution in [2.45, 2.75) is 13.3 Å². The first-order valence-electron chi connectivity index (χ1n) is 4.71. The first kappa shape index (κ1) is 11.5. The van der Waals surface area contributed by atoms with Crippen LogP contribution in [0.4, 0.5) is 0 Å². The van der Waals surface area contributed by atoms with Gasteiger partial charge >= 0.3 is 0 Å². The molecule has 3 N–H and O–H groups in total. The summed E-state index contributed by atoms with van der Waals surface area (Å²) in [7, 11) is 1.49. The highest BCUT2D eigenvalue weighted by atomic mass is 16.5. The molecule has 1 rings (SSSR count). The van der Waals surface area contributed by atoms with Crippen molar-refractivity contribution in [3.63, 3.8) is 0 Å². The molecule has 0 unspecified atom stereocenters. The van der Waals surface area contributed by atoms with Gasteiger partial charge in [0.15, 0.2) is 5.78 Å². The van der Waals surface area contributed by atoms with E-state index in [1.165, 1.54) is 13.2 Å². The fraction of sp³-hybridized carbons (Fsp3) is 0.364. The average Bonchev–Trinajstić information content (AvgIpc) is 2.21. The summed E-state index contributed by atoms with van der Waals surface area (Å²) in [4.78, 5) is 11.6. The lowest BCUT2D eigenvalue weighted by Gasteiger charge is -2.09. The molecule has 0 heterocycles. The van der Waals surface area contributed by atoms with Gasteiger partial charge in [0.25, 0.3) is 0 Å². The van der Waals surface area contributed by atoms with E-state index in [-0.39, 0.29) is 24.5 Å². The molecule has 82 valence electrons. The summed E-state index contributed by atoms with van der Waals surface area (Å²) in [5.74, 6) is 0.449. The average molecular weight is 209 g/mol. The molecule has 0 atom stereocenters. The summed E-state index contributed by atoms with van der Waals surface area (Å²) >= 11 is 0. The van der Waals surface area contributed by atoms with E-state index in [2.05, 4.69) is 0 Å². The molecule has 4 heteroatoms. The number of phenols is 1. The van der Waals surface area contributed by atoms with Crippen molar-refractivity contribution in [1.29, 1.82) is 0 Å². The van der Waals surface area contributed by atoms with Gasteiger partial charge in [0.2, 0.25) is 0 Å². The Kier molecular flexibility index (Phi) is 3.68. The number of benzene rings is 1. The molecule has 0 spiro atoms. The van der Waals surface area contributed by atoms with Crippen LogP contribution in [0, 0.1) is 6.92 Å². The molecule has 0 aliphatic heterocycles. The van der Waals surface area contributed by atoms with Crippen LogP contribution in [0.3, 0.4) is 0 Å². The van der Waals surface area contributed by atoms with Crippen molar-refractivity contribution in [2.24, 2.45) is 5.73 Å². The lowest BCUT2D eigenvalue weighted by atomic mass is 10.0. The maximum atomic E-state index is 11.6. The molecule has 0 saturated carbocycles. The van der Waals surface area contributed by atoms with Gasteiger partial charge in [-0.2, -0.15) is 0 Å². The van der Waals surface area contributed by atoms with Gasteiger partial charge in [-0.05, 0) is 31.2 Å². The number of methoxy groups -OCH3 is 1. The molecule has 1 aromatic rings. The second kappa shape index (κ2) is 4.79. The van der Waals surface area contributed by atoms with Crippen LogP contribution >= 0.6 is 0 Å². The van der Waals surface area contributed by atoms with E-state index < -0.39 is 0 Å². The summed E-state index contributed by atoms with van der Waals surface area (Å²) in [5.41, 5.74) is 6.36. The van der Waals surface area contributed by atoms with Crippen LogP contribution in [0.5, 0.6) is 11.5 Å². The van der Waals surface area contributed by atoms with E-state index >= 15 is 0 Å². The van der Waals surface area contributed by atoms with Gasteiger partial charge < -0.3 is 15.6 Å². The largest absolute Gasteiger partial charge is 0.508 e. The molecule has 0 aliphatic carbocycles. The SMILES string of the molecule is COc1cc(C)c(O)cc1C(=O)CCN. The molecule has 0 saturated heterocycles. The van der Waals surface area contributed by atoms with Crippen molar-refractivity contribution in [1.82, 2.24) is 0 Å². The molecular formula is C11H15NO3. The number of hydrogen-bond acceptors (Lipinski definition) is 4. The van der Waals surface area contributed by atoms with Crippen LogP contribution in [-0.4, -0.2) is 24.5 Å². The van der Waals surface area contributed by atoms with E-state index in [1.54, 1.807) is 13.0 Å². The Morgan fingerprint density at radius 1 is 1.53 bits per heavy atom. The third kappa shape index (κ3) is 2.47. The number of aryl methyl sites for hydroxylation is 1. The fourth-order valence-corrected chi connectivity index (χ4v) is 1.32. The Bertz CT molecular complexity index is 374. The number of ketones is 1. The topological polar surface area (TPSA) is 72.5 Å². The quantitative estimate of drug-likeness (QED) is 0.732. The normalized spacial score (nSPS) is 10.1. The Labute approximate surface area is 88.7 Å². The number of nitrogens with two attached hydrogens (primary N) is 1. The van der Waals surface area contributed by atoms with Crippen LogP contribution in [0.1, 0.15) is 22.3 Å². The Balaban J connectivity index is 3.15. The van der Waals surface area contributed by atoms with E-state index in [9.17, 15) is 9.90 Å². The molecule has 0 aliphatic rings. The van der Waals surface area contributed by atoms with Crippen LogP contribution in [0.2, 0.25) is 0 Å². The minimum atomic E-state index is -0.121. The van der Waals surface area contributed by atoms with E-state index in [4.69, 9.17) is 10.5 Å². The summed E-state index contributed by atoms with van der Waals surface area (Å²) in [5, 5.41) is 9.50. The van der Waals surface area contributed by atoms with Crippen molar-refractivity contribution in [3.8, 4) is 11.5 Å². The second-order valence-corrected chi connectivity index (χ2v) is 3.30. The van der Waals surface area contributed by atoms with Gasteiger partial charge in [-0.1, -0.05) is 0 Å². The lowest BCUT2D eigenvalue weighted by molar-refractivity contribution is 0.0982. The van der Waals surface area contributed by atoms with Crippen LogP contribution in [0.25, 0.3) is 0 Å². The monoisotopic (exact) mass is 209 g/mol. The first-order chi connectivity index (χ1) is 7.10. The van der Waals surface area contributed by atoms with Gasteiger partial charge in [0.05, 0.1) is 12.7 Å². The van der Waals surface area contributed by atoms with Gasteiger partial charge in [-0.15, -0.1) is 0 Å². The number of carbonyl (C=O) groups excluding carboxylic acids is 1. The second-order valence-electron chi connectivity index (χ2n) is 3.30. The predicted molar refractivity (Wildman–Crippen MR) is 57.4 cm³/mol. The molecule has 4 nitrogen and oxygen atoms in total. The maximum Gasteiger partial charge on any atom is 0.167 e. The summed E-state index contributed by atoms with van der Waals surface area (Å²) < 4.78 is 5.08. The van der Waals surface area contributed by atoms with Crippen molar-refractivity contribution >= 4 is 5.78 Å². The van der Waals surface area contributed by atoms with Crippen molar-refractivity contribution < 1.29 is 14.6 Å². The predicted octanol–water partition coefficient (Wildman–Crippen LogP) is 1.24. The number of hydrogen-bond donors (Lipinski definition) is 2. The Morgan fingerprint density at radius 3 is 2.73 bits per heavy atom. The number of Topliss-reactive ketones (excluding diaryl/α,β-unsaturated/α-hetero) is 1. The highest BCUT2D eigenvalue weighted by molar-refractivity contribution is 5.99. The zero-order chi connectivity index (χ0) is 11.4. The highest BCUT2D eigenvalue weighted by Gasteiger charge is 2.13. The van der Waals surface area contributed by atoms with Crippen LogP contribution in [0.15, 0.2) is 12.1 Å². The van der Waals surface area contributed by atoms with Crippen LogP contribution in [-0.2, 0) is 0 Å². The molecule has 0 fully saturated rings. The minimum absolute atomic E-state index is 0.0937. The van der Waals surface area contributed by atoms with Gasteiger partial charge in [0, 0.05) is 6.42 Å². The number of aromatic hydroxyl groups is 1. The maximum absolute atomic E-state index is 11.6. The molecule has 15 heavy (non-hydrogen) atoms. The van der Waals surface area contributed by atoms with Crippen molar-refractivity contribution in [2.75, 3.05) is 13.7 Å². The molecule has 0 bridgehead atoms. The zero-order valence-electron chi connectivity index (χ0n) is 8.91. The third-order valence-electron chi connectivity index (χ3n) is 2.19. The Morgan fingerprint density at radius 2 is 2.20 bits per heavy atom. The number of phenolic OH excluding ortho intramolecular Hbond substituents is 1. The standard InChI is InChI=1S/C11H15NO3/c1-7-5-11(15-2)8(6-10(7)14)9(13)3-4-12/h5-6,14H,3-4,12H2,1-2H3. The van der Waals surface area contributed by atoms with Gasteiger partial charge in [0.1, 0.15) is 11.5 Å². The van der Waals surface area contributed by atoms with E-state index in [0.717, 1.165) is 0 Å². The zero-order valence-corrected chi connectivity index (χ0v) is 8.91. The third-order valence-corrected chi connectivity index (χ3v) is 2.19. The Hall–Kier alpha value is -1.55. The summed E-state index contributed by atoms with van der Waals surface area (Å²) in [6, 6.07) is 3.06. The number of ether oxygens (including phenoxy) is 1. The highest BCUT2D eigenvalue weighted by Crippen LogP contribution is 2.28. The molecular weight excluding hydrogens is 194 g/mol. The lowest BCUT2D eigenvalue weighted by Crippen LogP contribution is -2.09. The summed E-state index contributed by atoms with van der Waals surface area (Å²) in [6.45, 7) is 2.03. The fourth-order valence-electron chi connectivity index (χ4n) is 1.32. The minimum Gasteiger partial charge on any atom is -0.508 e. The smallest absolute Gasteiger partial charge is 0.167 e. The summed E-state index contributed by atoms with van der Waals surface area (Å²) in [6.07, 6.45) is 0.249. The molecule has 0 radical (unpaired) electrons. The van der Waals surface area contributed by atoms with Crippen molar-refractivity contribution in [3.05, 3.63) is 23.3 Å².